The van der Waals surface area contributed by atoms with Gasteiger partial charge in [0, 0.05) is 24.1 Å². The van der Waals surface area contributed by atoms with Gasteiger partial charge in [-0.05, 0) is 32.6 Å². The first-order valence-electron chi connectivity index (χ1n) is 7.04. The summed E-state index contributed by atoms with van der Waals surface area (Å²) in [6, 6.07) is 0. The quantitative estimate of drug-likeness (QED) is 0.771. The van der Waals surface area contributed by atoms with E-state index in [-0.39, 0.29) is 5.41 Å². The first-order valence-corrected chi connectivity index (χ1v) is 7.04. The van der Waals surface area contributed by atoms with Gasteiger partial charge in [-0.15, -0.1) is 0 Å². The van der Waals surface area contributed by atoms with Crippen molar-refractivity contribution in [2.45, 2.75) is 70.3 Å². The number of aliphatic hydroxyl groups excluding tert-OH is 1. The number of hydrogen-bond donors (Lipinski definition) is 2. The van der Waals surface area contributed by atoms with Crippen LogP contribution in [-0.2, 0) is 0 Å². The second kappa shape index (κ2) is 5.05. The molecule has 0 aromatic rings. The van der Waals surface area contributed by atoms with Crippen LogP contribution in [-0.4, -0.2) is 23.8 Å². The minimum Gasteiger partial charge on any atom is -0.396 e. The lowest BCUT2D eigenvalue weighted by Crippen LogP contribution is -2.48. The molecule has 2 fully saturated rings. The molecule has 0 heterocycles. The SMILES string of the molecule is CC1(NCC2(CO)CCCCC2)CCCC1. The van der Waals surface area contributed by atoms with Gasteiger partial charge in [0.15, 0.2) is 0 Å². The predicted octanol–water partition coefficient (Wildman–Crippen LogP) is 2.85. The van der Waals surface area contributed by atoms with E-state index in [1.54, 1.807) is 0 Å². The molecule has 16 heavy (non-hydrogen) atoms. The zero-order chi connectivity index (χ0) is 11.5. The Balaban J connectivity index is 1.86. The van der Waals surface area contributed by atoms with Crippen molar-refractivity contribution in [3.05, 3.63) is 0 Å². The summed E-state index contributed by atoms with van der Waals surface area (Å²) in [6.07, 6.45) is 11.8. The lowest BCUT2D eigenvalue weighted by Gasteiger charge is -2.39. The van der Waals surface area contributed by atoms with E-state index in [4.69, 9.17) is 0 Å². The maximum atomic E-state index is 9.66. The van der Waals surface area contributed by atoms with Gasteiger partial charge in [-0.25, -0.2) is 0 Å². The van der Waals surface area contributed by atoms with Crippen LogP contribution in [0.15, 0.2) is 0 Å². The van der Waals surface area contributed by atoms with Crippen LogP contribution in [0, 0.1) is 5.41 Å². The number of aliphatic hydroxyl groups is 1. The number of nitrogens with one attached hydrogen (secondary N) is 1. The van der Waals surface area contributed by atoms with Crippen LogP contribution in [0.5, 0.6) is 0 Å². The second-order valence-electron chi connectivity index (χ2n) is 6.34. The van der Waals surface area contributed by atoms with E-state index < -0.39 is 0 Å². The fraction of sp³-hybridized carbons (Fsp3) is 1.00. The highest BCUT2D eigenvalue weighted by Crippen LogP contribution is 2.37. The van der Waals surface area contributed by atoms with Crippen molar-refractivity contribution in [1.82, 2.24) is 5.32 Å². The summed E-state index contributed by atoms with van der Waals surface area (Å²) in [4.78, 5) is 0. The molecule has 2 aliphatic carbocycles. The van der Waals surface area contributed by atoms with Gasteiger partial charge in [-0.1, -0.05) is 32.1 Å². The molecular weight excluding hydrogens is 198 g/mol. The van der Waals surface area contributed by atoms with Gasteiger partial charge in [0.2, 0.25) is 0 Å². The van der Waals surface area contributed by atoms with E-state index in [1.165, 1.54) is 57.8 Å². The number of rotatable bonds is 4. The topological polar surface area (TPSA) is 32.3 Å². The molecule has 0 amide bonds. The largest absolute Gasteiger partial charge is 0.396 e. The molecule has 2 saturated carbocycles. The van der Waals surface area contributed by atoms with Crippen molar-refractivity contribution >= 4 is 0 Å². The highest BCUT2D eigenvalue weighted by Gasteiger charge is 2.35. The molecule has 0 spiro atoms. The molecule has 0 aliphatic heterocycles. The fourth-order valence-corrected chi connectivity index (χ4v) is 3.43. The summed E-state index contributed by atoms with van der Waals surface area (Å²) in [5, 5.41) is 13.4. The second-order valence-corrected chi connectivity index (χ2v) is 6.34. The van der Waals surface area contributed by atoms with E-state index in [0.717, 1.165) is 6.54 Å². The maximum absolute atomic E-state index is 9.66. The molecular formula is C14H27NO. The van der Waals surface area contributed by atoms with Crippen LogP contribution < -0.4 is 5.32 Å². The molecule has 0 aromatic heterocycles. The normalized spacial score (nSPS) is 28.1. The molecule has 0 atom stereocenters. The van der Waals surface area contributed by atoms with Gasteiger partial charge in [0.25, 0.3) is 0 Å². The minimum absolute atomic E-state index is 0.198. The smallest absolute Gasteiger partial charge is 0.0499 e. The molecule has 0 aromatic carbocycles. The van der Waals surface area contributed by atoms with Crippen molar-refractivity contribution in [1.29, 1.82) is 0 Å². The van der Waals surface area contributed by atoms with Crippen molar-refractivity contribution in [2.24, 2.45) is 5.41 Å². The Morgan fingerprint density at radius 2 is 1.50 bits per heavy atom. The summed E-state index contributed by atoms with van der Waals surface area (Å²) in [6.45, 7) is 3.75. The molecule has 2 nitrogen and oxygen atoms in total. The van der Waals surface area contributed by atoms with Gasteiger partial charge >= 0.3 is 0 Å². The van der Waals surface area contributed by atoms with Gasteiger partial charge in [-0.3, -0.25) is 0 Å². The minimum atomic E-state index is 0.198. The van der Waals surface area contributed by atoms with Gasteiger partial charge in [0.1, 0.15) is 0 Å². The summed E-state index contributed by atoms with van der Waals surface area (Å²) < 4.78 is 0. The standard InChI is InChI=1S/C14H27NO/c1-13(7-5-6-8-13)15-11-14(12-16)9-3-2-4-10-14/h15-16H,2-12H2,1H3. The summed E-state index contributed by atoms with van der Waals surface area (Å²) in [5.74, 6) is 0. The molecule has 2 aliphatic rings. The summed E-state index contributed by atoms with van der Waals surface area (Å²) in [7, 11) is 0. The highest BCUT2D eigenvalue weighted by atomic mass is 16.3. The Morgan fingerprint density at radius 3 is 2.06 bits per heavy atom. The van der Waals surface area contributed by atoms with Crippen molar-refractivity contribution in [3.8, 4) is 0 Å². The van der Waals surface area contributed by atoms with E-state index in [1.807, 2.05) is 0 Å². The molecule has 0 radical (unpaired) electrons. The highest BCUT2D eigenvalue weighted by molar-refractivity contribution is 4.92. The van der Waals surface area contributed by atoms with Crippen LogP contribution in [0.1, 0.15) is 64.7 Å². The van der Waals surface area contributed by atoms with E-state index in [0.29, 0.717) is 12.1 Å². The lowest BCUT2D eigenvalue weighted by atomic mass is 9.74. The van der Waals surface area contributed by atoms with E-state index in [9.17, 15) is 5.11 Å². The van der Waals surface area contributed by atoms with Crippen LogP contribution >= 0.6 is 0 Å². The Kier molecular flexibility index (Phi) is 3.91. The first kappa shape index (κ1) is 12.4. The third-order valence-electron chi connectivity index (χ3n) is 4.85. The van der Waals surface area contributed by atoms with Crippen LogP contribution in [0.4, 0.5) is 0 Å². The van der Waals surface area contributed by atoms with Crippen molar-refractivity contribution in [3.63, 3.8) is 0 Å². The third kappa shape index (κ3) is 2.78. The Bertz CT molecular complexity index is 215. The van der Waals surface area contributed by atoms with Gasteiger partial charge in [-0.2, -0.15) is 0 Å². The molecule has 2 heteroatoms. The van der Waals surface area contributed by atoms with E-state index >= 15 is 0 Å². The molecule has 0 saturated heterocycles. The Hall–Kier alpha value is -0.0800. The molecule has 0 bridgehead atoms. The summed E-state index contributed by atoms with van der Waals surface area (Å²) in [5.41, 5.74) is 0.559. The van der Waals surface area contributed by atoms with Crippen LogP contribution in [0.3, 0.4) is 0 Å². The third-order valence-corrected chi connectivity index (χ3v) is 4.85. The van der Waals surface area contributed by atoms with Gasteiger partial charge in [0.05, 0.1) is 0 Å². The van der Waals surface area contributed by atoms with Crippen LogP contribution in [0.25, 0.3) is 0 Å². The molecule has 2 N–H and O–H groups in total. The monoisotopic (exact) mass is 225 g/mol. The zero-order valence-electron chi connectivity index (χ0n) is 10.7. The molecule has 94 valence electrons. The fourth-order valence-electron chi connectivity index (χ4n) is 3.43. The average Bonchev–Trinajstić information content (AvgIpc) is 2.76. The van der Waals surface area contributed by atoms with Gasteiger partial charge < -0.3 is 10.4 Å². The van der Waals surface area contributed by atoms with Crippen LogP contribution in [0.2, 0.25) is 0 Å². The molecule has 2 rings (SSSR count). The predicted molar refractivity (Wildman–Crippen MR) is 67.5 cm³/mol. The van der Waals surface area contributed by atoms with Crippen molar-refractivity contribution < 1.29 is 5.11 Å². The zero-order valence-corrected chi connectivity index (χ0v) is 10.7. The van der Waals surface area contributed by atoms with E-state index in [2.05, 4.69) is 12.2 Å². The Morgan fingerprint density at radius 1 is 0.938 bits per heavy atom. The Labute approximate surface area is 99.8 Å². The lowest BCUT2D eigenvalue weighted by molar-refractivity contribution is 0.0727. The first-order chi connectivity index (χ1) is 7.68. The molecule has 0 unspecified atom stereocenters. The number of hydrogen-bond acceptors (Lipinski definition) is 2. The summed E-state index contributed by atoms with van der Waals surface area (Å²) >= 11 is 0. The maximum Gasteiger partial charge on any atom is 0.0499 e. The average molecular weight is 225 g/mol. The van der Waals surface area contributed by atoms with Crippen molar-refractivity contribution in [2.75, 3.05) is 13.2 Å².